The average molecular weight is 163 g/mol. The Morgan fingerprint density at radius 1 is 1.58 bits per heavy atom. The first-order valence-electron chi connectivity index (χ1n) is 4.46. The Labute approximate surface area is 72.6 Å². The van der Waals surface area contributed by atoms with Gasteiger partial charge in [-0.1, -0.05) is 19.1 Å². The molecule has 1 atom stereocenters. The second kappa shape index (κ2) is 2.47. The van der Waals surface area contributed by atoms with E-state index in [0.717, 1.165) is 6.54 Å². The van der Waals surface area contributed by atoms with E-state index in [-0.39, 0.29) is 5.91 Å². The number of rotatable bonds is 1. The second-order valence-corrected chi connectivity index (χ2v) is 3.42. The molecule has 0 N–H and O–H groups in total. The summed E-state index contributed by atoms with van der Waals surface area (Å²) in [5, 5.41) is 0. The van der Waals surface area contributed by atoms with E-state index < -0.39 is 0 Å². The molecule has 1 aliphatic carbocycles. The van der Waals surface area contributed by atoms with E-state index in [0.29, 0.717) is 12.3 Å². The molecule has 2 aliphatic rings. The molecule has 0 radical (unpaired) electrons. The minimum Gasteiger partial charge on any atom is -0.316 e. The van der Waals surface area contributed by atoms with Gasteiger partial charge in [-0.25, -0.2) is 0 Å². The van der Waals surface area contributed by atoms with Gasteiger partial charge in [0.05, 0.1) is 0 Å². The fourth-order valence-electron chi connectivity index (χ4n) is 1.87. The van der Waals surface area contributed by atoms with E-state index >= 15 is 0 Å². The van der Waals surface area contributed by atoms with Gasteiger partial charge in [0, 0.05) is 24.6 Å². The standard InChI is InChI=1S/C10H13NO/c1-3-11-9(12)6-7(2)10(11)8-4-5-8/h4-5,7H,3,6H2,1-2H3. The lowest BCUT2D eigenvalue weighted by Gasteiger charge is -2.16. The predicted octanol–water partition coefficient (Wildman–Crippen LogP) is 1.70. The number of hydrogen-bond donors (Lipinski definition) is 0. The molecule has 0 aromatic carbocycles. The molecule has 0 aromatic rings. The van der Waals surface area contributed by atoms with Crippen LogP contribution in [0.15, 0.2) is 23.4 Å². The van der Waals surface area contributed by atoms with Crippen molar-refractivity contribution in [2.75, 3.05) is 6.54 Å². The maximum Gasteiger partial charge on any atom is 0.227 e. The zero-order chi connectivity index (χ0) is 8.72. The summed E-state index contributed by atoms with van der Waals surface area (Å²) in [6.45, 7) is 4.96. The molecule has 1 heterocycles. The van der Waals surface area contributed by atoms with Gasteiger partial charge in [0.15, 0.2) is 0 Å². The fourth-order valence-corrected chi connectivity index (χ4v) is 1.87. The van der Waals surface area contributed by atoms with Crippen molar-refractivity contribution in [3.8, 4) is 0 Å². The molecule has 1 saturated heterocycles. The van der Waals surface area contributed by atoms with Gasteiger partial charge in [0.2, 0.25) is 5.91 Å². The summed E-state index contributed by atoms with van der Waals surface area (Å²) in [5.41, 5.74) is 2.51. The van der Waals surface area contributed by atoms with E-state index in [1.165, 1.54) is 11.3 Å². The summed E-state index contributed by atoms with van der Waals surface area (Å²) in [6, 6.07) is 0. The maximum absolute atomic E-state index is 11.4. The Kier molecular flexibility index (Phi) is 1.56. The van der Waals surface area contributed by atoms with E-state index in [1.807, 2.05) is 11.8 Å². The Hall–Kier alpha value is -1.05. The van der Waals surface area contributed by atoms with Gasteiger partial charge >= 0.3 is 0 Å². The molecular formula is C10H13NO. The highest BCUT2D eigenvalue weighted by Crippen LogP contribution is 2.35. The fraction of sp³-hybridized carbons (Fsp3) is 0.500. The van der Waals surface area contributed by atoms with Gasteiger partial charge in [-0.2, -0.15) is 0 Å². The maximum atomic E-state index is 11.4. The molecular weight excluding hydrogens is 150 g/mol. The first-order chi connectivity index (χ1) is 5.74. The molecule has 2 rings (SSSR count). The van der Waals surface area contributed by atoms with Crippen molar-refractivity contribution < 1.29 is 4.79 Å². The monoisotopic (exact) mass is 163 g/mol. The normalized spacial score (nSPS) is 27.3. The van der Waals surface area contributed by atoms with E-state index in [2.05, 4.69) is 19.1 Å². The predicted molar refractivity (Wildman–Crippen MR) is 47.3 cm³/mol. The number of amides is 1. The van der Waals surface area contributed by atoms with E-state index in [1.54, 1.807) is 0 Å². The number of hydrogen-bond acceptors (Lipinski definition) is 1. The largest absolute Gasteiger partial charge is 0.316 e. The van der Waals surface area contributed by atoms with Gasteiger partial charge in [0.1, 0.15) is 0 Å². The second-order valence-electron chi connectivity index (χ2n) is 3.42. The Morgan fingerprint density at radius 3 is 2.75 bits per heavy atom. The molecule has 0 aromatic heterocycles. The molecule has 64 valence electrons. The van der Waals surface area contributed by atoms with Crippen molar-refractivity contribution >= 4 is 5.91 Å². The van der Waals surface area contributed by atoms with Gasteiger partial charge in [-0.05, 0) is 12.5 Å². The van der Waals surface area contributed by atoms with Crippen LogP contribution in [0.3, 0.4) is 0 Å². The van der Waals surface area contributed by atoms with Crippen LogP contribution < -0.4 is 0 Å². The number of carbonyl (C=O) groups is 1. The lowest BCUT2D eigenvalue weighted by molar-refractivity contribution is -0.126. The lowest BCUT2D eigenvalue weighted by Crippen LogP contribution is -2.23. The summed E-state index contributed by atoms with van der Waals surface area (Å²) in [4.78, 5) is 13.3. The third kappa shape index (κ3) is 0.986. The number of nitrogens with zero attached hydrogens (tertiary/aromatic N) is 1. The topological polar surface area (TPSA) is 20.3 Å². The average Bonchev–Trinajstić information content (AvgIpc) is 2.78. The van der Waals surface area contributed by atoms with Crippen molar-refractivity contribution in [2.45, 2.75) is 20.3 Å². The molecule has 1 unspecified atom stereocenters. The summed E-state index contributed by atoms with van der Waals surface area (Å²) in [6.07, 6.45) is 4.84. The Balaban J connectivity index is 2.30. The first-order valence-corrected chi connectivity index (χ1v) is 4.46. The van der Waals surface area contributed by atoms with Crippen molar-refractivity contribution in [3.05, 3.63) is 23.4 Å². The lowest BCUT2D eigenvalue weighted by atomic mass is 10.1. The van der Waals surface area contributed by atoms with Crippen molar-refractivity contribution in [3.63, 3.8) is 0 Å². The molecule has 0 bridgehead atoms. The summed E-state index contributed by atoms with van der Waals surface area (Å²) < 4.78 is 0. The highest BCUT2D eigenvalue weighted by atomic mass is 16.2. The molecule has 1 aliphatic heterocycles. The van der Waals surface area contributed by atoms with Crippen molar-refractivity contribution in [1.29, 1.82) is 0 Å². The molecule has 1 fully saturated rings. The van der Waals surface area contributed by atoms with Gasteiger partial charge in [-0.15, -0.1) is 0 Å². The highest BCUT2D eigenvalue weighted by molar-refractivity contribution is 5.83. The highest BCUT2D eigenvalue weighted by Gasteiger charge is 2.33. The van der Waals surface area contributed by atoms with Crippen LogP contribution in [0.4, 0.5) is 0 Å². The molecule has 0 spiro atoms. The SMILES string of the molecule is CCN1C(=O)CC(C)C1=C1C=C1. The van der Waals surface area contributed by atoms with Gasteiger partial charge < -0.3 is 4.90 Å². The summed E-state index contributed by atoms with van der Waals surface area (Å²) >= 11 is 0. The molecule has 2 nitrogen and oxygen atoms in total. The van der Waals surface area contributed by atoms with E-state index in [4.69, 9.17) is 0 Å². The minimum atomic E-state index is 0.279. The van der Waals surface area contributed by atoms with Crippen LogP contribution in [-0.4, -0.2) is 17.4 Å². The Bertz CT molecular complexity index is 280. The summed E-state index contributed by atoms with van der Waals surface area (Å²) in [5.74, 6) is 0.698. The van der Waals surface area contributed by atoms with Crippen molar-refractivity contribution in [1.82, 2.24) is 4.90 Å². The van der Waals surface area contributed by atoms with Crippen LogP contribution in [0, 0.1) is 5.92 Å². The third-order valence-electron chi connectivity index (χ3n) is 2.48. The van der Waals surface area contributed by atoms with E-state index in [9.17, 15) is 4.79 Å². The van der Waals surface area contributed by atoms with Crippen LogP contribution in [-0.2, 0) is 4.79 Å². The zero-order valence-electron chi connectivity index (χ0n) is 7.50. The van der Waals surface area contributed by atoms with Gasteiger partial charge in [-0.3, -0.25) is 4.79 Å². The third-order valence-corrected chi connectivity index (χ3v) is 2.48. The van der Waals surface area contributed by atoms with Crippen LogP contribution >= 0.6 is 0 Å². The van der Waals surface area contributed by atoms with Crippen LogP contribution in [0.5, 0.6) is 0 Å². The number of carbonyl (C=O) groups excluding carboxylic acids is 1. The van der Waals surface area contributed by atoms with Crippen LogP contribution in [0.1, 0.15) is 20.3 Å². The number of allylic oxidation sites excluding steroid dienone is 4. The Morgan fingerprint density at radius 2 is 2.25 bits per heavy atom. The summed E-state index contributed by atoms with van der Waals surface area (Å²) in [7, 11) is 0. The minimum absolute atomic E-state index is 0.279. The molecule has 1 amide bonds. The molecule has 12 heavy (non-hydrogen) atoms. The van der Waals surface area contributed by atoms with Crippen molar-refractivity contribution in [2.24, 2.45) is 5.92 Å². The molecule has 2 heteroatoms. The smallest absolute Gasteiger partial charge is 0.227 e. The van der Waals surface area contributed by atoms with Crippen LogP contribution in [0.25, 0.3) is 0 Å². The zero-order valence-corrected chi connectivity index (χ0v) is 7.50. The van der Waals surface area contributed by atoms with Crippen LogP contribution in [0.2, 0.25) is 0 Å². The molecule has 0 saturated carbocycles. The van der Waals surface area contributed by atoms with Gasteiger partial charge in [0.25, 0.3) is 0 Å². The quantitative estimate of drug-likeness (QED) is 0.576. The number of likely N-dealkylation sites (tertiary alicyclic amines) is 1. The first kappa shape index (κ1) is 7.59.